The van der Waals surface area contributed by atoms with Gasteiger partial charge in [0, 0.05) is 14.1 Å². The number of sulfonamides is 1. The maximum Gasteiger partial charge on any atom is 0.271 e. The van der Waals surface area contributed by atoms with Crippen LogP contribution in [-0.2, 0) is 16.6 Å². The van der Waals surface area contributed by atoms with Crippen LogP contribution in [-0.4, -0.2) is 27.5 Å². The number of hydrogen-bond acceptors (Lipinski definition) is 6. The third-order valence-electron chi connectivity index (χ3n) is 2.59. The number of nitrogens with one attached hydrogen (secondary N) is 1. The van der Waals surface area contributed by atoms with Crippen LogP contribution in [0.4, 0.5) is 11.5 Å². The molecule has 0 bridgehead atoms. The largest absolute Gasteiger partial charge is 0.446 e. The van der Waals surface area contributed by atoms with Crippen molar-refractivity contribution in [3.05, 3.63) is 36.2 Å². The highest BCUT2D eigenvalue weighted by atomic mass is 32.2. The normalized spacial score (nSPS) is 11.3. The molecule has 0 spiro atoms. The highest BCUT2D eigenvalue weighted by molar-refractivity contribution is 7.89. The number of furan rings is 1. The van der Waals surface area contributed by atoms with Gasteiger partial charge in [-0.3, -0.25) is 0 Å². The summed E-state index contributed by atoms with van der Waals surface area (Å²) in [5, 5.41) is 7.81. The monoisotopic (exact) mass is 296 g/mol. The molecule has 0 unspecified atom stereocenters. The topological polar surface area (TPSA) is 101 Å². The molecule has 0 aliphatic heterocycles. The molecule has 0 saturated heterocycles. The van der Waals surface area contributed by atoms with E-state index >= 15 is 0 Å². The lowest BCUT2D eigenvalue weighted by Crippen LogP contribution is -2.11. The molecule has 0 radical (unpaired) electrons. The van der Waals surface area contributed by atoms with E-state index in [0.717, 1.165) is 11.5 Å². The fraction of sp³-hybridized carbons (Fsp3) is 0.250. The van der Waals surface area contributed by atoms with Crippen molar-refractivity contribution in [1.82, 2.24) is 4.98 Å². The Morgan fingerprint density at radius 3 is 2.55 bits per heavy atom. The zero-order chi connectivity index (χ0) is 14.8. The Bertz CT molecular complexity index is 677. The first kappa shape index (κ1) is 14.4. The van der Waals surface area contributed by atoms with Crippen molar-refractivity contribution in [2.45, 2.75) is 11.6 Å². The molecule has 0 atom stereocenters. The molecule has 0 aliphatic rings. The summed E-state index contributed by atoms with van der Waals surface area (Å²) >= 11 is 0. The van der Waals surface area contributed by atoms with Gasteiger partial charge in [-0.2, -0.15) is 0 Å². The van der Waals surface area contributed by atoms with Crippen molar-refractivity contribution >= 4 is 21.5 Å². The maximum absolute atomic E-state index is 11.1. The summed E-state index contributed by atoms with van der Waals surface area (Å²) in [6.45, 7) is 0.346. The number of rotatable bonds is 5. The first-order chi connectivity index (χ1) is 9.36. The highest BCUT2D eigenvalue weighted by Gasteiger charge is 2.12. The average Bonchev–Trinajstić information content (AvgIpc) is 2.85. The number of primary sulfonamides is 1. The predicted molar refractivity (Wildman–Crippen MR) is 76.0 cm³/mol. The van der Waals surface area contributed by atoms with Gasteiger partial charge in [-0.15, -0.1) is 0 Å². The number of pyridine rings is 1. The summed E-state index contributed by atoms with van der Waals surface area (Å²) in [6, 6.07) is 6.65. The van der Waals surface area contributed by atoms with Crippen LogP contribution in [0, 0.1) is 0 Å². The van der Waals surface area contributed by atoms with Gasteiger partial charge in [-0.1, -0.05) is 0 Å². The molecule has 108 valence electrons. The Labute approximate surface area is 117 Å². The Hall–Kier alpha value is -2.06. The summed E-state index contributed by atoms with van der Waals surface area (Å²) in [5.74, 6) is 1.33. The number of nitrogens with zero attached hydrogens (tertiary/aromatic N) is 2. The van der Waals surface area contributed by atoms with Gasteiger partial charge in [0.1, 0.15) is 11.6 Å². The van der Waals surface area contributed by atoms with Gasteiger partial charge < -0.3 is 14.6 Å². The van der Waals surface area contributed by atoms with Crippen LogP contribution in [0.1, 0.15) is 5.76 Å². The van der Waals surface area contributed by atoms with Gasteiger partial charge in [-0.25, -0.2) is 18.5 Å². The lowest BCUT2D eigenvalue weighted by Gasteiger charge is -2.11. The van der Waals surface area contributed by atoms with E-state index in [2.05, 4.69) is 10.3 Å². The fourth-order valence-corrected chi connectivity index (χ4v) is 2.03. The first-order valence-corrected chi connectivity index (χ1v) is 7.39. The SMILES string of the molecule is CN(C)c1ccc(NCc2ccc(S(N)(=O)=O)o2)cn1. The van der Waals surface area contributed by atoms with Crippen LogP contribution in [0.25, 0.3) is 0 Å². The van der Waals surface area contributed by atoms with Crippen molar-refractivity contribution in [3.8, 4) is 0 Å². The smallest absolute Gasteiger partial charge is 0.271 e. The lowest BCUT2D eigenvalue weighted by molar-refractivity contribution is 0.419. The van der Waals surface area contributed by atoms with E-state index in [1.54, 1.807) is 12.3 Å². The predicted octanol–water partition coefficient (Wildman–Crippen LogP) is 1.00. The molecule has 2 aromatic heterocycles. The van der Waals surface area contributed by atoms with Gasteiger partial charge in [-0.05, 0) is 24.3 Å². The minimum atomic E-state index is -3.79. The molecule has 2 aromatic rings. The van der Waals surface area contributed by atoms with Crippen molar-refractivity contribution < 1.29 is 12.8 Å². The average molecular weight is 296 g/mol. The Morgan fingerprint density at radius 1 is 1.30 bits per heavy atom. The van der Waals surface area contributed by atoms with Gasteiger partial charge >= 0.3 is 0 Å². The van der Waals surface area contributed by atoms with Crippen molar-refractivity contribution in [3.63, 3.8) is 0 Å². The molecule has 20 heavy (non-hydrogen) atoms. The zero-order valence-corrected chi connectivity index (χ0v) is 12.0. The van der Waals surface area contributed by atoms with Crippen LogP contribution in [0.2, 0.25) is 0 Å². The van der Waals surface area contributed by atoms with E-state index in [9.17, 15) is 8.42 Å². The van der Waals surface area contributed by atoms with E-state index in [1.807, 2.05) is 31.1 Å². The molecule has 7 nitrogen and oxygen atoms in total. The summed E-state index contributed by atoms with van der Waals surface area (Å²) in [7, 11) is 0.0272. The molecule has 2 rings (SSSR count). The molecule has 0 amide bonds. The van der Waals surface area contributed by atoms with E-state index in [4.69, 9.17) is 9.56 Å². The second-order valence-corrected chi connectivity index (χ2v) is 5.91. The molecule has 2 heterocycles. The maximum atomic E-state index is 11.1. The van der Waals surface area contributed by atoms with E-state index in [1.165, 1.54) is 6.07 Å². The first-order valence-electron chi connectivity index (χ1n) is 5.85. The summed E-state index contributed by atoms with van der Waals surface area (Å²) in [6.07, 6.45) is 1.69. The standard InChI is InChI=1S/C12H16N4O3S/c1-16(2)11-5-3-9(7-15-11)14-8-10-4-6-12(19-10)20(13,17)18/h3-7,14H,8H2,1-2H3,(H2,13,17,18). The van der Waals surface area contributed by atoms with E-state index in [-0.39, 0.29) is 5.09 Å². The molecule has 0 saturated carbocycles. The second-order valence-electron chi connectivity index (χ2n) is 4.42. The molecule has 3 N–H and O–H groups in total. The second kappa shape index (κ2) is 5.51. The fourth-order valence-electron chi connectivity index (χ4n) is 1.55. The van der Waals surface area contributed by atoms with Gasteiger partial charge in [0.25, 0.3) is 10.0 Å². The van der Waals surface area contributed by atoms with Crippen molar-refractivity contribution in [1.29, 1.82) is 0 Å². The quantitative estimate of drug-likeness (QED) is 0.853. The number of anilines is 2. The highest BCUT2D eigenvalue weighted by Crippen LogP contribution is 2.15. The van der Waals surface area contributed by atoms with Crippen LogP contribution < -0.4 is 15.4 Å². The Morgan fingerprint density at radius 2 is 2.05 bits per heavy atom. The number of hydrogen-bond donors (Lipinski definition) is 2. The minimum absolute atomic E-state index is 0.240. The summed E-state index contributed by atoms with van der Waals surface area (Å²) in [5.41, 5.74) is 0.809. The van der Waals surface area contributed by atoms with Crippen LogP contribution in [0.3, 0.4) is 0 Å². The summed E-state index contributed by atoms with van der Waals surface area (Å²) in [4.78, 5) is 6.15. The molecule has 0 aliphatic carbocycles. The van der Waals surface area contributed by atoms with Crippen molar-refractivity contribution in [2.75, 3.05) is 24.3 Å². The Balaban J connectivity index is 2.00. The van der Waals surface area contributed by atoms with Crippen molar-refractivity contribution in [2.24, 2.45) is 5.14 Å². The summed E-state index contributed by atoms with van der Waals surface area (Å²) < 4.78 is 27.3. The lowest BCUT2D eigenvalue weighted by atomic mass is 10.3. The van der Waals surface area contributed by atoms with Crippen LogP contribution in [0.15, 0.2) is 40.0 Å². The minimum Gasteiger partial charge on any atom is -0.446 e. The Kier molecular flexibility index (Phi) is 3.96. The van der Waals surface area contributed by atoms with Gasteiger partial charge in [0.2, 0.25) is 5.09 Å². The third-order valence-corrected chi connectivity index (χ3v) is 3.37. The molecule has 8 heteroatoms. The van der Waals surface area contributed by atoms with Crippen LogP contribution >= 0.6 is 0 Å². The van der Waals surface area contributed by atoms with E-state index in [0.29, 0.717) is 12.3 Å². The number of nitrogens with two attached hydrogens (primary N) is 1. The molecular formula is C12H16N4O3S. The molecule has 0 aromatic carbocycles. The third kappa shape index (κ3) is 3.49. The van der Waals surface area contributed by atoms with E-state index < -0.39 is 10.0 Å². The number of aromatic nitrogens is 1. The molecule has 0 fully saturated rings. The van der Waals surface area contributed by atoms with Gasteiger partial charge in [0.15, 0.2) is 0 Å². The molecular weight excluding hydrogens is 280 g/mol. The van der Waals surface area contributed by atoms with Crippen LogP contribution in [0.5, 0.6) is 0 Å². The van der Waals surface area contributed by atoms with Gasteiger partial charge in [0.05, 0.1) is 18.4 Å². The zero-order valence-electron chi connectivity index (χ0n) is 11.2.